The monoisotopic (exact) mass is 438 g/mol. The lowest BCUT2D eigenvalue weighted by atomic mass is 9.87. The molecule has 1 aromatic rings. The number of carbonyl (C=O) groups is 1. The normalized spacial score (nSPS) is 38.7. The molecule has 0 aliphatic carbocycles. The Morgan fingerprint density at radius 2 is 1.91 bits per heavy atom. The van der Waals surface area contributed by atoms with Crippen LogP contribution in [-0.4, -0.2) is 61.2 Å². The second kappa shape index (κ2) is 9.81. The van der Waals surface area contributed by atoms with Crippen LogP contribution >= 0.6 is 0 Å². The predicted molar refractivity (Wildman–Crippen MR) is 118 cm³/mol. The minimum absolute atomic E-state index is 0.0534. The van der Waals surface area contributed by atoms with E-state index in [-0.39, 0.29) is 48.5 Å². The maximum absolute atomic E-state index is 12.4. The van der Waals surface area contributed by atoms with Crippen molar-refractivity contribution >= 4 is 5.78 Å². The Balaban J connectivity index is 1.38. The number of hydrogen-bond acceptors (Lipinski definition) is 6. The van der Waals surface area contributed by atoms with Gasteiger partial charge in [0, 0.05) is 6.42 Å². The fraction of sp³-hybridized carbons (Fsp3) is 0.500. The van der Waals surface area contributed by atoms with Gasteiger partial charge in [-0.15, -0.1) is 6.58 Å². The van der Waals surface area contributed by atoms with Crippen LogP contribution in [0.3, 0.4) is 0 Å². The van der Waals surface area contributed by atoms with E-state index in [1.807, 2.05) is 30.4 Å². The van der Waals surface area contributed by atoms with Crippen LogP contribution < -0.4 is 0 Å². The molecule has 0 saturated carbocycles. The van der Waals surface area contributed by atoms with Crippen LogP contribution in [0.4, 0.5) is 0 Å². The molecule has 0 aromatic heterocycles. The van der Waals surface area contributed by atoms with Crippen LogP contribution in [0.15, 0.2) is 67.3 Å². The Kier molecular flexibility index (Phi) is 6.67. The van der Waals surface area contributed by atoms with Crippen LogP contribution in [0.2, 0.25) is 0 Å². The summed E-state index contributed by atoms with van der Waals surface area (Å²) in [6.07, 6.45) is 8.92. The van der Waals surface area contributed by atoms with Crippen molar-refractivity contribution in [1.82, 2.24) is 0 Å². The lowest BCUT2D eigenvalue weighted by Crippen LogP contribution is -2.64. The van der Waals surface area contributed by atoms with Gasteiger partial charge in [0.25, 0.3) is 0 Å². The summed E-state index contributed by atoms with van der Waals surface area (Å²) in [5.41, 5.74) is 1.10. The van der Waals surface area contributed by atoms with Gasteiger partial charge in [0.15, 0.2) is 5.78 Å². The molecule has 6 heteroatoms. The van der Waals surface area contributed by atoms with E-state index in [0.29, 0.717) is 26.1 Å². The van der Waals surface area contributed by atoms with Crippen molar-refractivity contribution in [1.29, 1.82) is 0 Å². The van der Waals surface area contributed by atoms with E-state index in [2.05, 4.69) is 24.8 Å². The summed E-state index contributed by atoms with van der Waals surface area (Å²) >= 11 is 0. The molecule has 8 atom stereocenters. The van der Waals surface area contributed by atoms with Crippen molar-refractivity contribution in [2.24, 2.45) is 0 Å². The molecule has 2 saturated heterocycles. The first kappa shape index (κ1) is 21.7. The van der Waals surface area contributed by atoms with Crippen LogP contribution in [0.5, 0.6) is 0 Å². The quantitative estimate of drug-likeness (QED) is 0.658. The Hall–Kier alpha value is -2.09. The molecule has 2 fully saturated rings. The molecular formula is C26H30O6. The standard InChI is InChI=1S/C26H30O6/c1-2-8-19-18(27)12-13-20-22(30-19)15-23-25(32-20)26(29-16-17-9-4-3-5-10-17)24-21(31-23)11-6-7-14-28-24/h2-7,9-10,12-13,19-26H,1,8,11,14-16H2/t19-,20+,21-,22-,23+,24-,25+,26+/m0/s1. The third-order valence-electron chi connectivity index (χ3n) is 6.57. The van der Waals surface area contributed by atoms with Crippen molar-refractivity contribution in [3.05, 3.63) is 72.9 Å². The van der Waals surface area contributed by atoms with E-state index in [1.165, 1.54) is 0 Å². The first-order chi connectivity index (χ1) is 15.7. The van der Waals surface area contributed by atoms with Crippen molar-refractivity contribution in [3.63, 3.8) is 0 Å². The van der Waals surface area contributed by atoms with E-state index < -0.39 is 6.10 Å². The molecule has 0 radical (unpaired) electrons. The topological polar surface area (TPSA) is 63.2 Å². The van der Waals surface area contributed by atoms with Gasteiger partial charge in [-0.1, -0.05) is 48.6 Å². The molecule has 0 unspecified atom stereocenters. The van der Waals surface area contributed by atoms with E-state index >= 15 is 0 Å². The number of benzene rings is 1. The minimum Gasteiger partial charge on any atom is -0.369 e. The summed E-state index contributed by atoms with van der Waals surface area (Å²) in [6, 6.07) is 10.1. The van der Waals surface area contributed by atoms with Crippen molar-refractivity contribution < 1.29 is 28.5 Å². The Bertz CT molecular complexity index is 864. The van der Waals surface area contributed by atoms with Crippen molar-refractivity contribution in [2.45, 2.75) is 74.7 Å². The van der Waals surface area contributed by atoms with Gasteiger partial charge < -0.3 is 23.7 Å². The van der Waals surface area contributed by atoms with Gasteiger partial charge in [0.05, 0.1) is 31.5 Å². The highest BCUT2D eigenvalue weighted by Gasteiger charge is 2.53. The van der Waals surface area contributed by atoms with Crippen molar-refractivity contribution in [3.8, 4) is 0 Å². The second-order valence-corrected chi connectivity index (χ2v) is 8.73. The maximum Gasteiger partial charge on any atom is 0.184 e. The molecule has 170 valence electrons. The zero-order chi connectivity index (χ0) is 21.9. The molecule has 0 amide bonds. The molecule has 6 nitrogen and oxygen atoms in total. The van der Waals surface area contributed by atoms with Gasteiger partial charge in [0.1, 0.15) is 30.5 Å². The molecule has 5 rings (SSSR count). The lowest BCUT2D eigenvalue weighted by molar-refractivity contribution is -0.293. The predicted octanol–water partition coefficient (Wildman–Crippen LogP) is 3.31. The highest BCUT2D eigenvalue weighted by molar-refractivity contribution is 5.94. The molecule has 4 heterocycles. The zero-order valence-electron chi connectivity index (χ0n) is 18.1. The third-order valence-corrected chi connectivity index (χ3v) is 6.57. The largest absolute Gasteiger partial charge is 0.369 e. The van der Waals surface area contributed by atoms with Gasteiger partial charge in [-0.25, -0.2) is 0 Å². The Labute approximate surface area is 188 Å². The number of rotatable bonds is 5. The molecule has 0 spiro atoms. The summed E-state index contributed by atoms with van der Waals surface area (Å²) in [7, 11) is 0. The number of ketones is 1. The Morgan fingerprint density at radius 1 is 1.03 bits per heavy atom. The van der Waals surface area contributed by atoms with E-state index in [9.17, 15) is 4.79 Å². The summed E-state index contributed by atoms with van der Waals surface area (Å²) in [5, 5.41) is 0. The summed E-state index contributed by atoms with van der Waals surface area (Å²) < 4.78 is 31.8. The highest BCUT2D eigenvalue weighted by atomic mass is 16.6. The average molecular weight is 439 g/mol. The van der Waals surface area contributed by atoms with E-state index in [4.69, 9.17) is 23.7 Å². The zero-order valence-corrected chi connectivity index (χ0v) is 18.1. The molecular weight excluding hydrogens is 408 g/mol. The molecule has 1 aromatic carbocycles. The molecule has 4 aliphatic heterocycles. The molecule has 0 N–H and O–H groups in total. The smallest absolute Gasteiger partial charge is 0.184 e. The van der Waals surface area contributed by atoms with Crippen LogP contribution in [0.1, 0.15) is 24.8 Å². The first-order valence-corrected chi connectivity index (χ1v) is 11.4. The molecule has 0 bridgehead atoms. The molecule has 32 heavy (non-hydrogen) atoms. The van der Waals surface area contributed by atoms with Gasteiger partial charge in [-0.2, -0.15) is 0 Å². The maximum atomic E-state index is 12.4. The summed E-state index contributed by atoms with van der Waals surface area (Å²) in [4.78, 5) is 12.4. The van der Waals surface area contributed by atoms with Crippen LogP contribution in [-0.2, 0) is 35.1 Å². The van der Waals surface area contributed by atoms with Crippen molar-refractivity contribution in [2.75, 3.05) is 6.61 Å². The SMILES string of the molecule is C=CC[C@@H]1O[C@H]2C[C@H]3O[C@H]4CC=CCO[C@@H]4[C@@H](OCc4ccccc4)[C@@H]3O[C@@H]2C=CC1=O. The van der Waals surface area contributed by atoms with Crippen LogP contribution in [0.25, 0.3) is 0 Å². The second-order valence-electron chi connectivity index (χ2n) is 8.73. The van der Waals surface area contributed by atoms with Crippen LogP contribution in [0, 0.1) is 0 Å². The highest BCUT2D eigenvalue weighted by Crippen LogP contribution is 2.39. The first-order valence-electron chi connectivity index (χ1n) is 11.4. The average Bonchev–Trinajstić information content (AvgIpc) is 3.13. The van der Waals surface area contributed by atoms with Gasteiger partial charge in [-0.05, 0) is 30.6 Å². The molecule has 4 aliphatic rings. The number of ether oxygens (including phenoxy) is 5. The Morgan fingerprint density at radius 3 is 2.75 bits per heavy atom. The van der Waals surface area contributed by atoms with Gasteiger partial charge >= 0.3 is 0 Å². The lowest BCUT2D eigenvalue weighted by Gasteiger charge is -2.50. The minimum atomic E-state index is -0.524. The fourth-order valence-electron chi connectivity index (χ4n) is 4.99. The number of hydrogen-bond donors (Lipinski definition) is 0. The number of carbonyl (C=O) groups excluding carboxylic acids is 1. The van der Waals surface area contributed by atoms with Gasteiger partial charge in [0.2, 0.25) is 0 Å². The summed E-state index contributed by atoms with van der Waals surface area (Å²) in [5.74, 6) is -0.0534. The fourth-order valence-corrected chi connectivity index (χ4v) is 4.99. The number of fused-ring (bicyclic) bond motifs is 3. The van der Waals surface area contributed by atoms with E-state index in [0.717, 1.165) is 12.0 Å². The third kappa shape index (κ3) is 4.51. The van der Waals surface area contributed by atoms with E-state index in [1.54, 1.807) is 12.2 Å². The summed E-state index contributed by atoms with van der Waals surface area (Å²) in [6.45, 7) is 4.75. The van der Waals surface area contributed by atoms with Gasteiger partial charge in [-0.3, -0.25) is 4.79 Å².